The fourth-order valence-corrected chi connectivity index (χ4v) is 3.61. The van der Waals surface area contributed by atoms with Gasteiger partial charge in [0.2, 0.25) is 5.91 Å². The molecule has 1 amide bonds. The number of hydrogen-bond donors (Lipinski definition) is 1. The zero-order valence-electron chi connectivity index (χ0n) is 18.3. The van der Waals surface area contributed by atoms with E-state index in [1.54, 1.807) is 0 Å². The van der Waals surface area contributed by atoms with Crippen molar-refractivity contribution in [2.24, 2.45) is 5.92 Å². The molecule has 1 aliphatic rings. The zero-order chi connectivity index (χ0) is 19.8. The maximum atomic E-state index is 11.8. The Bertz CT molecular complexity index is 434. The minimum Gasteiger partial charge on any atom is -0.356 e. The summed E-state index contributed by atoms with van der Waals surface area (Å²) in [5.74, 6) is 1.10. The van der Waals surface area contributed by atoms with Gasteiger partial charge in [0.25, 0.3) is 0 Å². The molecular weight excluding hydrogens is 332 g/mol. The zero-order valence-corrected chi connectivity index (χ0v) is 18.3. The van der Waals surface area contributed by atoms with Crippen molar-refractivity contribution >= 4 is 5.91 Å². The molecule has 3 nitrogen and oxygen atoms in total. The summed E-state index contributed by atoms with van der Waals surface area (Å²) in [5.41, 5.74) is 0. The van der Waals surface area contributed by atoms with Crippen LogP contribution in [0, 0.1) is 5.92 Å². The van der Waals surface area contributed by atoms with E-state index in [0.717, 1.165) is 49.2 Å². The molecule has 156 valence electrons. The first-order chi connectivity index (χ1) is 13.0. The molecule has 0 fully saturated rings. The molecule has 1 N–H and O–H groups in total. The molecule has 0 saturated heterocycles. The minimum absolute atomic E-state index is 0.216. The number of rotatable bonds is 16. The fourth-order valence-electron chi connectivity index (χ4n) is 3.61. The van der Waals surface area contributed by atoms with Crippen LogP contribution in [-0.2, 0) is 4.79 Å². The van der Waals surface area contributed by atoms with Crippen molar-refractivity contribution in [1.82, 2.24) is 5.32 Å². The predicted molar refractivity (Wildman–Crippen MR) is 118 cm³/mol. The van der Waals surface area contributed by atoms with Crippen LogP contribution in [-0.4, -0.2) is 44.6 Å². The summed E-state index contributed by atoms with van der Waals surface area (Å²) in [6, 6.07) is 0. The third-order valence-electron chi connectivity index (χ3n) is 5.33. The molecule has 0 spiro atoms. The lowest BCUT2D eigenvalue weighted by Gasteiger charge is -2.23. The molecule has 3 heteroatoms. The van der Waals surface area contributed by atoms with Gasteiger partial charge in [-0.2, -0.15) is 0 Å². The van der Waals surface area contributed by atoms with Gasteiger partial charge in [0, 0.05) is 19.4 Å². The Morgan fingerprint density at radius 2 is 1.70 bits per heavy atom. The van der Waals surface area contributed by atoms with Crippen molar-refractivity contribution in [3.8, 4) is 0 Å². The number of quaternary nitrogens is 1. The average molecular weight is 378 g/mol. The summed E-state index contributed by atoms with van der Waals surface area (Å²) in [4.78, 5) is 11.8. The first kappa shape index (κ1) is 23.9. The first-order valence-corrected chi connectivity index (χ1v) is 11.4. The van der Waals surface area contributed by atoms with Gasteiger partial charge in [-0.15, -0.1) is 0 Å². The van der Waals surface area contributed by atoms with E-state index in [9.17, 15) is 4.79 Å². The number of carbonyl (C=O) groups excluding carboxylic acids is 1. The number of allylic oxidation sites excluding steroid dienone is 4. The molecule has 1 atom stereocenters. The van der Waals surface area contributed by atoms with Crippen LogP contribution in [0.4, 0.5) is 0 Å². The van der Waals surface area contributed by atoms with Crippen LogP contribution in [0.1, 0.15) is 83.5 Å². The molecule has 0 heterocycles. The number of carbonyl (C=O) groups is 1. The molecule has 0 saturated carbocycles. The summed E-state index contributed by atoms with van der Waals surface area (Å²) in [5, 5.41) is 3.04. The van der Waals surface area contributed by atoms with Crippen LogP contribution >= 0.6 is 0 Å². The molecule has 0 aromatic carbocycles. The van der Waals surface area contributed by atoms with E-state index in [-0.39, 0.29) is 5.91 Å². The summed E-state index contributed by atoms with van der Waals surface area (Å²) in [6.45, 7) is 1.91. The van der Waals surface area contributed by atoms with E-state index in [1.807, 2.05) is 0 Å². The molecule has 1 rings (SSSR count). The van der Waals surface area contributed by atoms with E-state index in [0.29, 0.717) is 6.42 Å². The topological polar surface area (TPSA) is 29.1 Å². The lowest BCUT2D eigenvalue weighted by Crippen LogP contribution is -2.37. The van der Waals surface area contributed by atoms with E-state index in [1.165, 1.54) is 51.4 Å². The second-order valence-corrected chi connectivity index (χ2v) is 9.19. The summed E-state index contributed by atoms with van der Waals surface area (Å²) >= 11 is 0. The Morgan fingerprint density at radius 3 is 2.37 bits per heavy atom. The van der Waals surface area contributed by atoms with Crippen molar-refractivity contribution in [3.05, 3.63) is 24.3 Å². The number of unbranched alkanes of at least 4 members (excludes halogenated alkanes) is 6. The molecule has 0 aromatic heterocycles. The number of nitrogens with one attached hydrogen (secondary N) is 1. The van der Waals surface area contributed by atoms with E-state index in [4.69, 9.17) is 0 Å². The summed E-state index contributed by atoms with van der Waals surface area (Å²) < 4.78 is 0.959. The molecule has 0 unspecified atom stereocenters. The van der Waals surface area contributed by atoms with Crippen LogP contribution in [0.3, 0.4) is 0 Å². The molecular formula is C24H45N2O+. The van der Waals surface area contributed by atoms with Crippen LogP contribution in [0.5, 0.6) is 0 Å². The molecule has 0 bridgehead atoms. The molecule has 0 radical (unpaired) electrons. The average Bonchev–Trinajstić information content (AvgIpc) is 3.12. The highest BCUT2D eigenvalue weighted by Crippen LogP contribution is 2.23. The largest absolute Gasteiger partial charge is 0.356 e. The molecule has 1 aliphatic carbocycles. The van der Waals surface area contributed by atoms with Gasteiger partial charge in [0.1, 0.15) is 0 Å². The van der Waals surface area contributed by atoms with Crippen LogP contribution < -0.4 is 5.32 Å². The Kier molecular flexibility index (Phi) is 13.2. The Hall–Kier alpha value is -1.09. The predicted octanol–water partition coefficient (Wildman–Crippen LogP) is 5.62. The standard InChI is InChI=1S/C24H44N2O/c1-26(2,3)22-16-21-25-24(27)20-13-11-9-7-5-4-6-8-10-12-17-23-18-14-15-19-23/h5,7,14,18,23H,4,6,8-13,15-17,19-22H2,1-3H3/p+1/b7-5+/t23-/m0/s1. The van der Waals surface area contributed by atoms with E-state index >= 15 is 0 Å². The SMILES string of the molecule is C[N+](C)(C)CCCNC(=O)CCCC/C=C/CCCCCC[C@H]1C=CCC1. The van der Waals surface area contributed by atoms with E-state index < -0.39 is 0 Å². The van der Waals surface area contributed by atoms with Gasteiger partial charge < -0.3 is 9.80 Å². The van der Waals surface area contributed by atoms with Crippen molar-refractivity contribution in [3.63, 3.8) is 0 Å². The van der Waals surface area contributed by atoms with Crippen molar-refractivity contribution in [2.45, 2.75) is 83.5 Å². The van der Waals surface area contributed by atoms with Crippen molar-refractivity contribution in [2.75, 3.05) is 34.2 Å². The first-order valence-electron chi connectivity index (χ1n) is 11.4. The number of hydrogen-bond acceptors (Lipinski definition) is 1. The smallest absolute Gasteiger partial charge is 0.219 e. The Morgan fingerprint density at radius 1 is 1.00 bits per heavy atom. The van der Waals surface area contributed by atoms with Gasteiger partial charge in [-0.1, -0.05) is 43.6 Å². The minimum atomic E-state index is 0.216. The van der Waals surface area contributed by atoms with Crippen LogP contribution in [0.2, 0.25) is 0 Å². The Balaban J connectivity index is 1.80. The van der Waals surface area contributed by atoms with Gasteiger partial charge in [-0.05, 0) is 57.3 Å². The number of amides is 1. The molecule has 0 aromatic rings. The van der Waals surface area contributed by atoms with Crippen LogP contribution in [0.15, 0.2) is 24.3 Å². The highest BCUT2D eigenvalue weighted by atomic mass is 16.1. The van der Waals surface area contributed by atoms with Crippen LogP contribution in [0.25, 0.3) is 0 Å². The summed E-state index contributed by atoms with van der Waals surface area (Å²) in [7, 11) is 6.55. The van der Waals surface area contributed by atoms with Gasteiger partial charge in [0.15, 0.2) is 0 Å². The van der Waals surface area contributed by atoms with Crippen molar-refractivity contribution < 1.29 is 9.28 Å². The fraction of sp³-hybridized carbons (Fsp3) is 0.792. The third-order valence-corrected chi connectivity index (χ3v) is 5.33. The molecule has 27 heavy (non-hydrogen) atoms. The van der Waals surface area contributed by atoms with Gasteiger partial charge in [-0.3, -0.25) is 4.79 Å². The highest BCUT2D eigenvalue weighted by molar-refractivity contribution is 5.75. The second-order valence-electron chi connectivity index (χ2n) is 9.19. The number of nitrogens with zero attached hydrogens (tertiary/aromatic N) is 1. The Labute approximate surface area is 168 Å². The van der Waals surface area contributed by atoms with Gasteiger partial charge in [0.05, 0.1) is 27.7 Å². The third kappa shape index (κ3) is 15.6. The highest BCUT2D eigenvalue weighted by Gasteiger charge is 2.08. The lowest BCUT2D eigenvalue weighted by molar-refractivity contribution is -0.870. The summed E-state index contributed by atoms with van der Waals surface area (Å²) in [6.07, 6.45) is 25.2. The monoisotopic (exact) mass is 377 g/mol. The maximum absolute atomic E-state index is 11.8. The normalized spacial score (nSPS) is 17.1. The van der Waals surface area contributed by atoms with E-state index in [2.05, 4.69) is 50.8 Å². The lowest BCUT2D eigenvalue weighted by atomic mass is 10.00. The molecule has 0 aliphatic heterocycles. The van der Waals surface area contributed by atoms with Gasteiger partial charge in [-0.25, -0.2) is 0 Å². The van der Waals surface area contributed by atoms with Crippen molar-refractivity contribution in [1.29, 1.82) is 0 Å². The maximum Gasteiger partial charge on any atom is 0.219 e. The second kappa shape index (κ2) is 14.9. The quantitative estimate of drug-likeness (QED) is 0.211. The van der Waals surface area contributed by atoms with Gasteiger partial charge >= 0.3 is 0 Å².